The smallest absolute Gasteiger partial charge is 0.338 e. The third-order valence-electron chi connectivity index (χ3n) is 4.84. The normalized spacial score (nSPS) is 15.5. The van der Waals surface area contributed by atoms with Crippen LogP contribution in [0.2, 0.25) is 0 Å². The summed E-state index contributed by atoms with van der Waals surface area (Å²) in [5, 5.41) is 6.60. The van der Waals surface area contributed by atoms with Gasteiger partial charge in [-0.25, -0.2) is 9.79 Å². The van der Waals surface area contributed by atoms with Gasteiger partial charge in [0.1, 0.15) is 6.04 Å². The molecule has 0 aliphatic carbocycles. The van der Waals surface area contributed by atoms with Gasteiger partial charge in [-0.15, -0.1) is 0 Å². The average Bonchev–Trinajstić information content (AvgIpc) is 2.78. The standard InChI is InChI=1S/C24H28N4O3S/c1-5-31-23(30)21-16(2)25-24(32-15-20(29)26-18-9-7-6-8-10-18)27-22(21)17-11-13-19(14-12-17)28(3)4/h6-14,22H,5,15H2,1-4H3,(H,25,27)(H,26,29)/t22-/m1/s1. The molecule has 7 nitrogen and oxygen atoms in total. The van der Waals surface area contributed by atoms with Crippen molar-refractivity contribution in [1.29, 1.82) is 0 Å². The number of carbonyl (C=O) groups excluding carboxylic acids is 2. The van der Waals surface area contributed by atoms with Gasteiger partial charge in [0.15, 0.2) is 5.17 Å². The van der Waals surface area contributed by atoms with Gasteiger partial charge in [-0.1, -0.05) is 42.1 Å². The highest BCUT2D eigenvalue weighted by Gasteiger charge is 2.30. The van der Waals surface area contributed by atoms with Crippen LogP contribution in [-0.4, -0.2) is 43.5 Å². The summed E-state index contributed by atoms with van der Waals surface area (Å²) in [6, 6.07) is 16.7. The van der Waals surface area contributed by atoms with E-state index in [0.717, 1.165) is 16.9 Å². The molecule has 1 aliphatic heterocycles. The van der Waals surface area contributed by atoms with Crippen LogP contribution >= 0.6 is 11.8 Å². The summed E-state index contributed by atoms with van der Waals surface area (Å²) in [5.74, 6) is -0.334. The minimum atomic E-state index is -0.508. The van der Waals surface area contributed by atoms with E-state index in [1.54, 1.807) is 6.92 Å². The molecular formula is C24H28N4O3S. The van der Waals surface area contributed by atoms with Gasteiger partial charge in [0, 0.05) is 31.2 Å². The van der Waals surface area contributed by atoms with Crippen molar-refractivity contribution in [2.75, 3.05) is 36.7 Å². The van der Waals surface area contributed by atoms with Crippen molar-refractivity contribution in [2.45, 2.75) is 19.9 Å². The number of rotatable bonds is 7. The number of hydrogen-bond donors (Lipinski definition) is 2. The van der Waals surface area contributed by atoms with E-state index in [-0.39, 0.29) is 18.3 Å². The number of nitrogens with one attached hydrogen (secondary N) is 2. The van der Waals surface area contributed by atoms with Gasteiger partial charge in [0.05, 0.1) is 17.9 Å². The molecule has 2 N–H and O–H groups in total. The first-order chi connectivity index (χ1) is 15.4. The molecule has 0 aromatic heterocycles. The Morgan fingerprint density at radius 1 is 1.12 bits per heavy atom. The number of aliphatic imine (C=N–C) groups is 1. The van der Waals surface area contributed by atoms with E-state index in [1.807, 2.05) is 80.5 Å². The molecule has 0 spiro atoms. The first kappa shape index (κ1) is 23.4. The summed E-state index contributed by atoms with van der Waals surface area (Å²) in [6.07, 6.45) is 0. The Morgan fingerprint density at radius 3 is 2.44 bits per heavy atom. The largest absolute Gasteiger partial charge is 0.463 e. The number of para-hydroxylation sites is 1. The molecule has 168 valence electrons. The third-order valence-corrected chi connectivity index (χ3v) is 5.72. The van der Waals surface area contributed by atoms with Gasteiger partial charge < -0.3 is 20.3 Å². The highest BCUT2D eigenvalue weighted by atomic mass is 32.2. The second-order valence-corrected chi connectivity index (χ2v) is 8.37. The lowest BCUT2D eigenvalue weighted by atomic mass is 9.96. The van der Waals surface area contributed by atoms with Crippen LogP contribution in [0.3, 0.4) is 0 Å². The van der Waals surface area contributed by atoms with Gasteiger partial charge in [-0.05, 0) is 43.7 Å². The minimum Gasteiger partial charge on any atom is -0.463 e. The van der Waals surface area contributed by atoms with Gasteiger partial charge in [0.25, 0.3) is 0 Å². The predicted octanol–water partition coefficient (Wildman–Crippen LogP) is 3.96. The Labute approximate surface area is 192 Å². The molecule has 1 aliphatic rings. The summed E-state index contributed by atoms with van der Waals surface area (Å²) in [7, 11) is 3.95. The number of allylic oxidation sites excluding steroid dienone is 1. The Morgan fingerprint density at radius 2 is 1.81 bits per heavy atom. The number of amides is 1. The number of nitrogens with zero attached hydrogens (tertiary/aromatic N) is 2. The fourth-order valence-corrected chi connectivity index (χ4v) is 3.99. The molecule has 1 heterocycles. The third kappa shape index (κ3) is 5.91. The average molecular weight is 453 g/mol. The highest BCUT2D eigenvalue weighted by Crippen LogP contribution is 2.33. The Kier molecular flexibility index (Phi) is 7.94. The fourth-order valence-electron chi connectivity index (χ4n) is 3.24. The van der Waals surface area contributed by atoms with Crippen LogP contribution in [0.25, 0.3) is 0 Å². The van der Waals surface area contributed by atoms with Crippen molar-refractivity contribution in [1.82, 2.24) is 5.32 Å². The molecule has 0 saturated heterocycles. The van der Waals surface area contributed by atoms with Gasteiger partial charge in [-0.2, -0.15) is 0 Å². The predicted molar refractivity (Wildman–Crippen MR) is 131 cm³/mol. The zero-order valence-corrected chi connectivity index (χ0v) is 19.5. The zero-order valence-electron chi connectivity index (χ0n) is 18.7. The molecule has 2 aromatic rings. The van der Waals surface area contributed by atoms with E-state index in [9.17, 15) is 9.59 Å². The molecule has 0 unspecified atom stereocenters. The second-order valence-electron chi connectivity index (χ2n) is 7.41. The van der Waals surface area contributed by atoms with Gasteiger partial charge >= 0.3 is 5.97 Å². The number of benzene rings is 2. The molecule has 1 amide bonds. The molecule has 1 atom stereocenters. The number of anilines is 2. The maximum atomic E-state index is 12.7. The van der Waals surface area contributed by atoms with Crippen molar-refractivity contribution in [3.63, 3.8) is 0 Å². The summed E-state index contributed by atoms with van der Waals surface area (Å²) < 4.78 is 5.28. The van der Waals surface area contributed by atoms with Crippen LogP contribution in [-0.2, 0) is 14.3 Å². The Balaban J connectivity index is 1.79. The number of carbonyl (C=O) groups is 2. The van der Waals surface area contributed by atoms with Crippen LogP contribution in [0.15, 0.2) is 70.9 Å². The van der Waals surface area contributed by atoms with Crippen molar-refractivity contribution >= 4 is 40.2 Å². The number of amidine groups is 1. The van der Waals surface area contributed by atoms with Gasteiger partial charge in [0.2, 0.25) is 5.91 Å². The van der Waals surface area contributed by atoms with Crippen LogP contribution < -0.4 is 15.5 Å². The number of hydrogen-bond acceptors (Lipinski definition) is 7. The first-order valence-electron chi connectivity index (χ1n) is 10.4. The van der Waals surface area contributed by atoms with E-state index in [0.29, 0.717) is 16.4 Å². The fraction of sp³-hybridized carbons (Fsp3) is 0.292. The van der Waals surface area contributed by atoms with E-state index < -0.39 is 12.0 Å². The van der Waals surface area contributed by atoms with Crippen molar-refractivity contribution in [2.24, 2.45) is 4.99 Å². The first-order valence-corrected chi connectivity index (χ1v) is 11.3. The Bertz CT molecular complexity index is 1020. The molecule has 8 heteroatoms. The lowest BCUT2D eigenvalue weighted by Crippen LogP contribution is -2.31. The summed E-state index contributed by atoms with van der Waals surface area (Å²) in [4.78, 5) is 31.8. The van der Waals surface area contributed by atoms with E-state index in [1.165, 1.54) is 11.8 Å². The quantitative estimate of drug-likeness (QED) is 0.619. The molecule has 0 radical (unpaired) electrons. The zero-order chi connectivity index (χ0) is 23.1. The summed E-state index contributed by atoms with van der Waals surface area (Å²) in [5.41, 5.74) is 3.83. The van der Waals surface area contributed by atoms with Crippen LogP contribution in [0.4, 0.5) is 11.4 Å². The number of esters is 1. The van der Waals surface area contributed by atoms with Crippen molar-refractivity contribution < 1.29 is 14.3 Å². The molecule has 0 fully saturated rings. The molecule has 3 rings (SSSR count). The monoisotopic (exact) mass is 452 g/mol. The summed E-state index contributed by atoms with van der Waals surface area (Å²) in [6.45, 7) is 3.89. The van der Waals surface area contributed by atoms with Crippen molar-refractivity contribution in [3.8, 4) is 0 Å². The molecular weight excluding hydrogens is 424 g/mol. The lowest BCUT2D eigenvalue weighted by Gasteiger charge is -2.26. The SMILES string of the molecule is CCOC(=O)C1=C(C)NC(SCC(=O)Nc2ccccc2)=N[C@@H]1c1ccc(N(C)C)cc1. The molecule has 32 heavy (non-hydrogen) atoms. The maximum absolute atomic E-state index is 12.7. The Hall–Kier alpha value is -3.26. The van der Waals surface area contributed by atoms with Crippen LogP contribution in [0, 0.1) is 0 Å². The van der Waals surface area contributed by atoms with E-state index >= 15 is 0 Å². The second kappa shape index (κ2) is 10.9. The van der Waals surface area contributed by atoms with Crippen molar-refractivity contribution in [3.05, 3.63) is 71.4 Å². The topological polar surface area (TPSA) is 83.0 Å². The van der Waals surface area contributed by atoms with E-state index in [2.05, 4.69) is 10.6 Å². The minimum absolute atomic E-state index is 0.129. The number of thioether (sulfide) groups is 1. The molecule has 0 bridgehead atoms. The number of ether oxygens (including phenoxy) is 1. The van der Waals surface area contributed by atoms with Gasteiger partial charge in [-0.3, -0.25) is 4.79 Å². The van der Waals surface area contributed by atoms with E-state index in [4.69, 9.17) is 9.73 Å². The molecule has 0 saturated carbocycles. The molecule has 2 aromatic carbocycles. The maximum Gasteiger partial charge on any atom is 0.338 e. The van der Waals surface area contributed by atoms with Crippen LogP contribution in [0.1, 0.15) is 25.5 Å². The lowest BCUT2D eigenvalue weighted by molar-refractivity contribution is -0.139. The highest BCUT2D eigenvalue weighted by molar-refractivity contribution is 8.14. The summed E-state index contributed by atoms with van der Waals surface area (Å²) >= 11 is 1.29. The van der Waals surface area contributed by atoms with Crippen LogP contribution in [0.5, 0.6) is 0 Å².